The maximum atomic E-state index is 12.4. The Hall–Kier alpha value is -1.04. The molecule has 0 aliphatic carbocycles. The first kappa shape index (κ1) is 12.4. The second-order valence-corrected chi connectivity index (χ2v) is 4.83. The molecule has 0 N–H and O–H groups in total. The number of benzene rings is 2. The third-order valence-corrected chi connectivity index (χ3v) is 3.04. The second-order valence-electron chi connectivity index (χ2n) is 3.59. The first-order valence-electron chi connectivity index (χ1n) is 4.90. The monoisotopic (exact) mass is 348 g/mol. The van der Waals surface area contributed by atoms with Crippen LogP contribution >= 0.6 is 22.6 Å². The molecule has 2 rings (SSSR count). The van der Waals surface area contributed by atoms with E-state index in [1.54, 1.807) is 0 Å². The van der Waals surface area contributed by atoms with Crippen molar-refractivity contribution in [2.45, 2.75) is 6.18 Å². The molecule has 0 saturated heterocycles. The maximum absolute atomic E-state index is 12.4. The van der Waals surface area contributed by atoms with Crippen LogP contribution in [0.3, 0.4) is 0 Å². The number of halogens is 4. The van der Waals surface area contributed by atoms with E-state index < -0.39 is 11.7 Å². The summed E-state index contributed by atoms with van der Waals surface area (Å²) >= 11 is 2.17. The molecule has 0 unspecified atom stereocenters. The predicted octanol–water partition coefficient (Wildman–Crippen LogP) is 4.98. The SMILES string of the molecule is FC(F)(F)c1ccc(-c2cccc(I)c2)cc1. The van der Waals surface area contributed by atoms with Gasteiger partial charge < -0.3 is 0 Å². The average molecular weight is 348 g/mol. The van der Waals surface area contributed by atoms with E-state index in [0.29, 0.717) is 0 Å². The Morgan fingerprint density at radius 2 is 1.47 bits per heavy atom. The summed E-state index contributed by atoms with van der Waals surface area (Å²) in [5.74, 6) is 0. The predicted molar refractivity (Wildman–Crippen MR) is 69.6 cm³/mol. The second kappa shape index (κ2) is 4.68. The van der Waals surface area contributed by atoms with Gasteiger partial charge in [-0.2, -0.15) is 13.2 Å². The molecule has 0 bridgehead atoms. The molecule has 0 aliphatic rings. The van der Waals surface area contributed by atoms with Crippen LogP contribution < -0.4 is 0 Å². The number of alkyl halides is 3. The summed E-state index contributed by atoms with van der Waals surface area (Å²) in [6.45, 7) is 0. The molecular formula is C13H8F3I. The highest BCUT2D eigenvalue weighted by Crippen LogP contribution is 2.31. The Labute approximate surface area is 111 Å². The molecule has 0 aromatic heterocycles. The molecule has 0 amide bonds. The summed E-state index contributed by atoms with van der Waals surface area (Å²) in [6, 6.07) is 12.8. The number of rotatable bonds is 1. The fraction of sp³-hybridized carbons (Fsp3) is 0.0769. The lowest BCUT2D eigenvalue weighted by Crippen LogP contribution is -2.03. The first-order valence-corrected chi connectivity index (χ1v) is 5.98. The molecule has 0 nitrogen and oxygen atoms in total. The normalized spacial score (nSPS) is 11.5. The van der Waals surface area contributed by atoms with Crippen molar-refractivity contribution in [1.82, 2.24) is 0 Å². The fourth-order valence-corrected chi connectivity index (χ4v) is 2.06. The highest BCUT2D eigenvalue weighted by molar-refractivity contribution is 14.1. The molecule has 0 heterocycles. The van der Waals surface area contributed by atoms with Gasteiger partial charge in [-0.05, 0) is 58.0 Å². The number of hydrogen-bond acceptors (Lipinski definition) is 0. The van der Waals surface area contributed by atoms with Gasteiger partial charge in [0.2, 0.25) is 0 Å². The fourth-order valence-electron chi connectivity index (χ4n) is 1.52. The van der Waals surface area contributed by atoms with E-state index in [1.165, 1.54) is 12.1 Å². The lowest BCUT2D eigenvalue weighted by molar-refractivity contribution is -0.137. The lowest BCUT2D eigenvalue weighted by Gasteiger charge is -2.07. The molecular weight excluding hydrogens is 340 g/mol. The van der Waals surface area contributed by atoms with Crippen molar-refractivity contribution in [1.29, 1.82) is 0 Å². The zero-order valence-corrected chi connectivity index (χ0v) is 10.8. The molecule has 4 heteroatoms. The van der Waals surface area contributed by atoms with Gasteiger partial charge in [-0.15, -0.1) is 0 Å². The summed E-state index contributed by atoms with van der Waals surface area (Å²) in [7, 11) is 0. The van der Waals surface area contributed by atoms with Crippen molar-refractivity contribution in [2.24, 2.45) is 0 Å². The van der Waals surface area contributed by atoms with Crippen molar-refractivity contribution in [3.8, 4) is 11.1 Å². The quantitative estimate of drug-likeness (QED) is 0.638. The summed E-state index contributed by atoms with van der Waals surface area (Å²) in [6.07, 6.45) is -4.27. The lowest BCUT2D eigenvalue weighted by atomic mass is 10.0. The van der Waals surface area contributed by atoms with E-state index in [-0.39, 0.29) is 0 Å². The van der Waals surface area contributed by atoms with Crippen molar-refractivity contribution in [3.05, 3.63) is 57.7 Å². The Kier molecular flexibility index (Phi) is 3.42. The highest BCUT2D eigenvalue weighted by Gasteiger charge is 2.29. The zero-order valence-electron chi connectivity index (χ0n) is 8.63. The van der Waals surface area contributed by atoms with E-state index >= 15 is 0 Å². The van der Waals surface area contributed by atoms with Crippen LogP contribution in [0.5, 0.6) is 0 Å². The molecule has 0 fully saturated rings. The van der Waals surface area contributed by atoms with E-state index in [0.717, 1.165) is 26.8 Å². The standard InChI is InChI=1S/C13H8F3I/c14-13(15,16)11-6-4-9(5-7-11)10-2-1-3-12(17)8-10/h1-8H. The third kappa shape index (κ3) is 3.00. The summed E-state index contributed by atoms with van der Waals surface area (Å²) in [5.41, 5.74) is 1.09. The van der Waals surface area contributed by atoms with Gasteiger partial charge >= 0.3 is 6.18 Å². The van der Waals surface area contributed by atoms with Crippen molar-refractivity contribution in [2.75, 3.05) is 0 Å². The van der Waals surface area contributed by atoms with Gasteiger partial charge in [0, 0.05) is 3.57 Å². The van der Waals surface area contributed by atoms with Crippen LogP contribution in [0.25, 0.3) is 11.1 Å². The van der Waals surface area contributed by atoms with Gasteiger partial charge in [-0.25, -0.2) is 0 Å². The van der Waals surface area contributed by atoms with Crippen molar-refractivity contribution < 1.29 is 13.2 Å². The number of hydrogen-bond donors (Lipinski definition) is 0. The Balaban J connectivity index is 2.36. The van der Waals surface area contributed by atoms with Crippen LogP contribution in [-0.2, 0) is 6.18 Å². The maximum Gasteiger partial charge on any atom is 0.416 e. The molecule has 0 aliphatic heterocycles. The largest absolute Gasteiger partial charge is 0.416 e. The Morgan fingerprint density at radius 3 is 2.00 bits per heavy atom. The minimum atomic E-state index is -4.27. The van der Waals surface area contributed by atoms with Crippen molar-refractivity contribution >= 4 is 22.6 Å². The Morgan fingerprint density at radius 1 is 0.824 bits per heavy atom. The molecule has 0 saturated carbocycles. The van der Waals surface area contributed by atoms with E-state index in [1.807, 2.05) is 24.3 Å². The van der Waals surface area contributed by atoms with Gasteiger partial charge in [0.05, 0.1) is 5.56 Å². The van der Waals surface area contributed by atoms with Gasteiger partial charge in [0.25, 0.3) is 0 Å². The van der Waals surface area contributed by atoms with Crippen molar-refractivity contribution in [3.63, 3.8) is 0 Å². The molecule has 2 aromatic carbocycles. The van der Waals surface area contributed by atoms with Gasteiger partial charge in [0.15, 0.2) is 0 Å². The molecule has 0 radical (unpaired) electrons. The minimum absolute atomic E-state index is 0.619. The Bertz CT molecular complexity index is 515. The van der Waals surface area contributed by atoms with Crippen LogP contribution in [0.2, 0.25) is 0 Å². The van der Waals surface area contributed by atoms with E-state index in [2.05, 4.69) is 22.6 Å². The molecule has 0 spiro atoms. The summed E-state index contributed by atoms with van der Waals surface area (Å²) < 4.78 is 38.2. The minimum Gasteiger partial charge on any atom is -0.166 e. The van der Waals surface area contributed by atoms with Crippen LogP contribution in [0.15, 0.2) is 48.5 Å². The van der Waals surface area contributed by atoms with Crippen LogP contribution in [0, 0.1) is 3.57 Å². The molecule has 2 aromatic rings. The van der Waals surface area contributed by atoms with Crippen LogP contribution in [0.1, 0.15) is 5.56 Å². The molecule has 0 atom stereocenters. The highest BCUT2D eigenvalue weighted by atomic mass is 127. The average Bonchev–Trinajstić information content (AvgIpc) is 2.28. The van der Waals surface area contributed by atoms with Gasteiger partial charge in [-0.3, -0.25) is 0 Å². The summed E-state index contributed by atoms with van der Waals surface area (Å²) in [4.78, 5) is 0. The smallest absolute Gasteiger partial charge is 0.166 e. The van der Waals surface area contributed by atoms with E-state index in [9.17, 15) is 13.2 Å². The summed E-state index contributed by atoms with van der Waals surface area (Å²) in [5, 5.41) is 0. The van der Waals surface area contributed by atoms with Gasteiger partial charge in [0.1, 0.15) is 0 Å². The van der Waals surface area contributed by atoms with Crippen LogP contribution in [0.4, 0.5) is 13.2 Å². The molecule has 17 heavy (non-hydrogen) atoms. The van der Waals surface area contributed by atoms with E-state index in [4.69, 9.17) is 0 Å². The van der Waals surface area contributed by atoms with Gasteiger partial charge in [-0.1, -0.05) is 24.3 Å². The zero-order chi connectivity index (χ0) is 12.5. The van der Waals surface area contributed by atoms with Crippen LogP contribution in [-0.4, -0.2) is 0 Å². The third-order valence-electron chi connectivity index (χ3n) is 2.37. The molecule has 88 valence electrons. The first-order chi connectivity index (χ1) is 7.97. The topological polar surface area (TPSA) is 0 Å².